The fourth-order valence-corrected chi connectivity index (χ4v) is 2.02. The van der Waals surface area contributed by atoms with Gasteiger partial charge < -0.3 is 18.8 Å². The van der Waals surface area contributed by atoms with Crippen molar-refractivity contribution in [3.63, 3.8) is 0 Å². The highest BCUT2D eigenvalue weighted by molar-refractivity contribution is 5.87. The van der Waals surface area contributed by atoms with E-state index in [0.29, 0.717) is 37.5 Å². The lowest BCUT2D eigenvalue weighted by molar-refractivity contribution is 0.147. The molecule has 5 heteroatoms. The molecule has 2 aromatic rings. The summed E-state index contributed by atoms with van der Waals surface area (Å²) in [4.78, 5) is 12.3. The molecule has 0 atom stereocenters. The Labute approximate surface area is 117 Å². The maximum atomic E-state index is 12.3. The summed E-state index contributed by atoms with van der Waals surface area (Å²) in [7, 11) is 3.24. The Balaban J connectivity index is 2.34. The molecule has 0 N–H and O–H groups in total. The molecule has 0 aliphatic heterocycles. The zero-order chi connectivity index (χ0) is 14.4. The molecular formula is C15H19NO4. The third-order valence-corrected chi connectivity index (χ3v) is 3.06. The smallest absolute Gasteiger partial charge is 0.258 e. The summed E-state index contributed by atoms with van der Waals surface area (Å²) in [5, 5.41) is 1.47. The number of nitrogens with zero attached hydrogens (tertiary/aromatic N) is 1. The fourth-order valence-electron chi connectivity index (χ4n) is 2.02. The Morgan fingerprint density at radius 3 is 2.55 bits per heavy atom. The molecule has 0 radical (unpaired) electrons. The fraction of sp³-hybridized carbons (Fsp3) is 0.400. The van der Waals surface area contributed by atoms with Gasteiger partial charge in [-0.25, -0.2) is 0 Å². The molecule has 2 rings (SSSR count). The van der Waals surface area contributed by atoms with Gasteiger partial charge in [0.25, 0.3) is 5.56 Å². The molecule has 1 aromatic carbocycles. The van der Waals surface area contributed by atoms with Gasteiger partial charge in [-0.3, -0.25) is 4.79 Å². The highest BCUT2D eigenvalue weighted by Gasteiger charge is 2.07. The van der Waals surface area contributed by atoms with Crippen LogP contribution >= 0.6 is 0 Å². The van der Waals surface area contributed by atoms with Gasteiger partial charge in [-0.05, 0) is 18.2 Å². The van der Waals surface area contributed by atoms with E-state index in [1.165, 1.54) is 0 Å². The summed E-state index contributed by atoms with van der Waals surface area (Å²) in [6.07, 6.45) is 1.77. The maximum absolute atomic E-state index is 12.3. The summed E-state index contributed by atoms with van der Waals surface area (Å²) < 4.78 is 17.2. The monoisotopic (exact) mass is 277 g/mol. The molecule has 0 fully saturated rings. The van der Waals surface area contributed by atoms with Crippen LogP contribution < -0.4 is 10.3 Å². The lowest BCUT2D eigenvalue weighted by atomic mass is 10.1. The predicted molar refractivity (Wildman–Crippen MR) is 77.5 cm³/mol. The van der Waals surface area contributed by atoms with E-state index in [4.69, 9.17) is 14.2 Å². The number of ether oxygens (including phenoxy) is 3. The SMILES string of the molecule is COCCOc1cccc2c(=O)n(CCOC)ccc12. The van der Waals surface area contributed by atoms with Crippen LogP contribution in [-0.4, -0.2) is 38.6 Å². The van der Waals surface area contributed by atoms with E-state index < -0.39 is 0 Å². The largest absolute Gasteiger partial charge is 0.491 e. The van der Waals surface area contributed by atoms with Crippen LogP contribution in [0.2, 0.25) is 0 Å². The quantitative estimate of drug-likeness (QED) is 0.722. The molecule has 0 spiro atoms. The molecule has 5 nitrogen and oxygen atoms in total. The summed E-state index contributed by atoms with van der Waals surface area (Å²) in [5.74, 6) is 0.704. The number of fused-ring (bicyclic) bond motifs is 1. The van der Waals surface area contributed by atoms with Gasteiger partial charge in [-0.2, -0.15) is 0 Å². The second kappa shape index (κ2) is 7.07. The van der Waals surface area contributed by atoms with Crippen molar-refractivity contribution in [2.45, 2.75) is 6.54 Å². The van der Waals surface area contributed by atoms with E-state index in [1.54, 1.807) is 25.0 Å². The molecule has 0 unspecified atom stereocenters. The van der Waals surface area contributed by atoms with E-state index in [9.17, 15) is 4.79 Å². The minimum Gasteiger partial charge on any atom is -0.491 e. The number of aromatic nitrogens is 1. The molecule has 0 saturated carbocycles. The van der Waals surface area contributed by atoms with Gasteiger partial charge in [-0.1, -0.05) is 6.07 Å². The van der Waals surface area contributed by atoms with Crippen LogP contribution in [-0.2, 0) is 16.0 Å². The first kappa shape index (κ1) is 14.6. The van der Waals surface area contributed by atoms with E-state index in [1.807, 2.05) is 24.3 Å². The Morgan fingerprint density at radius 1 is 1.00 bits per heavy atom. The van der Waals surface area contributed by atoms with Crippen LogP contribution in [0.5, 0.6) is 5.75 Å². The van der Waals surface area contributed by atoms with Crippen molar-refractivity contribution in [2.75, 3.05) is 34.0 Å². The minimum absolute atomic E-state index is 0.0308. The van der Waals surface area contributed by atoms with Crippen molar-refractivity contribution < 1.29 is 14.2 Å². The summed E-state index contributed by atoms with van der Waals surface area (Å²) in [6, 6.07) is 7.39. The summed E-state index contributed by atoms with van der Waals surface area (Å²) in [6.45, 7) is 2.03. The van der Waals surface area contributed by atoms with Crippen molar-refractivity contribution in [3.8, 4) is 5.75 Å². The molecule has 0 aliphatic rings. The molecule has 0 bridgehead atoms. The van der Waals surface area contributed by atoms with E-state index >= 15 is 0 Å². The van der Waals surface area contributed by atoms with Crippen LogP contribution in [0, 0.1) is 0 Å². The number of hydrogen-bond acceptors (Lipinski definition) is 4. The number of pyridine rings is 1. The average molecular weight is 277 g/mol. The predicted octanol–water partition coefficient (Wildman–Crippen LogP) is 1.67. The highest BCUT2D eigenvalue weighted by atomic mass is 16.5. The third-order valence-electron chi connectivity index (χ3n) is 3.06. The Bertz CT molecular complexity index is 621. The van der Waals surface area contributed by atoms with Crippen molar-refractivity contribution in [3.05, 3.63) is 40.8 Å². The normalized spacial score (nSPS) is 10.9. The van der Waals surface area contributed by atoms with Crippen LogP contribution in [0.15, 0.2) is 35.3 Å². The summed E-state index contributed by atoms with van der Waals surface area (Å²) in [5.41, 5.74) is -0.0308. The van der Waals surface area contributed by atoms with E-state index in [2.05, 4.69) is 0 Å². The van der Waals surface area contributed by atoms with Crippen molar-refractivity contribution in [1.82, 2.24) is 4.57 Å². The van der Waals surface area contributed by atoms with Crippen LogP contribution in [0.4, 0.5) is 0 Å². The Kier molecular flexibility index (Phi) is 5.15. The van der Waals surface area contributed by atoms with Gasteiger partial charge in [0.1, 0.15) is 12.4 Å². The number of benzene rings is 1. The standard InChI is InChI=1S/C15H19NO4/c1-18-9-8-16-7-6-12-13(15(16)17)4-3-5-14(12)20-11-10-19-2/h3-7H,8-11H2,1-2H3. The first-order valence-electron chi connectivity index (χ1n) is 6.50. The molecule has 0 saturated heterocycles. The molecule has 1 aromatic heterocycles. The lowest BCUT2D eigenvalue weighted by Gasteiger charge is -2.11. The van der Waals surface area contributed by atoms with Gasteiger partial charge >= 0.3 is 0 Å². The second-order valence-corrected chi connectivity index (χ2v) is 4.37. The number of hydrogen-bond donors (Lipinski definition) is 0. The van der Waals surface area contributed by atoms with Gasteiger partial charge in [0.2, 0.25) is 0 Å². The van der Waals surface area contributed by atoms with Crippen molar-refractivity contribution >= 4 is 10.8 Å². The van der Waals surface area contributed by atoms with Gasteiger partial charge in [0.15, 0.2) is 0 Å². The Hall–Kier alpha value is -1.85. The molecule has 0 amide bonds. The zero-order valence-electron chi connectivity index (χ0n) is 11.8. The van der Waals surface area contributed by atoms with Crippen molar-refractivity contribution in [2.24, 2.45) is 0 Å². The minimum atomic E-state index is -0.0308. The second-order valence-electron chi connectivity index (χ2n) is 4.37. The molecule has 0 aliphatic carbocycles. The molecule has 1 heterocycles. The van der Waals surface area contributed by atoms with Crippen LogP contribution in [0.1, 0.15) is 0 Å². The van der Waals surface area contributed by atoms with Crippen LogP contribution in [0.25, 0.3) is 10.8 Å². The molecular weight excluding hydrogens is 258 g/mol. The first-order valence-corrected chi connectivity index (χ1v) is 6.50. The lowest BCUT2D eigenvalue weighted by Crippen LogP contribution is -2.21. The van der Waals surface area contributed by atoms with Crippen molar-refractivity contribution in [1.29, 1.82) is 0 Å². The molecule has 108 valence electrons. The van der Waals surface area contributed by atoms with Gasteiger partial charge in [0.05, 0.1) is 18.6 Å². The van der Waals surface area contributed by atoms with E-state index in [-0.39, 0.29) is 5.56 Å². The highest BCUT2D eigenvalue weighted by Crippen LogP contribution is 2.22. The van der Waals surface area contributed by atoms with Crippen LogP contribution in [0.3, 0.4) is 0 Å². The zero-order valence-corrected chi connectivity index (χ0v) is 11.8. The summed E-state index contributed by atoms with van der Waals surface area (Å²) >= 11 is 0. The van der Waals surface area contributed by atoms with Gasteiger partial charge in [-0.15, -0.1) is 0 Å². The molecule has 20 heavy (non-hydrogen) atoms. The Morgan fingerprint density at radius 2 is 1.80 bits per heavy atom. The average Bonchev–Trinajstić information content (AvgIpc) is 2.47. The van der Waals surface area contributed by atoms with E-state index in [0.717, 1.165) is 5.39 Å². The number of rotatable bonds is 7. The number of methoxy groups -OCH3 is 2. The third kappa shape index (κ3) is 3.18. The first-order chi connectivity index (χ1) is 9.77. The topological polar surface area (TPSA) is 49.7 Å². The maximum Gasteiger partial charge on any atom is 0.258 e. The van der Waals surface area contributed by atoms with Gasteiger partial charge in [0, 0.05) is 32.3 Å².